The maximum atomic E-state index is 5.34. The van der Waals surface area contributed by atoms with E-state index in [2.05, 4.69) is 17.1 Å². The van der Waals surface area contributed by atoms with Crippen molar-refractivity contribution in [2.45, 2.75) is 18.9 Å². The third-order valence-corrected chi connectivity index (χ3v) is 2.80. The van der Waals surface area contributed by atoms with Crippen LogP contribution in [0.25, 0.3) is 0 Å². The van der Waals surface area contributed by atoms with Crippen LogP contribution >= 0.6 is 0 Å². The van der Waals surface area contributed by atoms with Gasteiger partial charge in [-0.05, 0) is 13.3 Å². The van der Waals surface area contributed by atoms with Gasteiger partial charge in [-0.3, -0.25) is 0 Å². The predicted octanol–water partition coefficient (Wildman–Crippen LogP) is 0.0706. The first-order valence-corrected chi connectivity index (χ1v) is 4.86. The average molecular weight is 170 g/mol. The first-order valence-electron chi connectivity index (χ1n) is 4.86. The highest BCUT2D eigenvalue weighted by Gasteiger charge is 2.38. The minimum Gasteiger partial charge on any atom is -0.370 e. The van der Waals surface area contributed by atoms with E-state index in [4.69, 9.17) is 4.74 Å². The zero-order chi connectivity index (χ0) is 8.44. The lowest BCUT2D eigenvalue weighted by atomic mass is 10.1. The van der Waals surface area contributed by atoms with Gasteiger partial charge in [0, 0.05) is 32.7 Å². The molecule has 2 aliphatic heterocycles. The van der Waals surface area contributed by atoms with E-state index >= 15 is 0 Å². The number of nitrogens with one attached hydrogen (secondary N) is 1. The molecule has 3 heteroatoms. The Morgan fingerprint density at radius 3 is 2.67 bits per heavy atom. The molecule has 2 rings (SSSR count). The fourth-order valence-corrected chi connectivity index (χ4v) is 1.60. The van der Waals surface area contributed by atoms with Crippen molar-refractivity contribution >= 4 is 0 Å². The van der Waals surface area contributed by atoms with Crippen molar-refractivity contribution in [1.82, 2.24) is 10.2 Å². The zero-order valence-corrected chi connectivity index (χ0v) is 7.81. The minimum absolute atomic E-state index is 0.241. The molecule has 0 bridgehead atoms. The summed E-state index contributed by atoms with van der Waals surface area (Å²) in [5.41, 5.74) is 0.241. The molecule has 2 fully saturated rings. The van der Waals surface area contributed by atoms with Crippen LogP contribution in [0.5, 0.6) is 0 Å². The Morgan fingerprint density at radius 2 is 2.08 bits per heavy atom. The quantitative estimate of drug-likeness (QED) is 0.607. The Balaban J connectivity index is 1.65. The van der Waals surface area contributed by atoms with Gasteiger partial charge in [-0.15, -0.1) is 0 Å². The Labute approximate surface area is 74.1 Å². The minimum atomic E-state index is 0.241. The Morgan fingerprint density at radius 1 is 1.42 bits per heavy atom. The molecule has 3 nitrogen and oxygen atoms in total. The topological polar surface area (TPSA) is 27.8 Å². The van der Waals surface area contributed by atoms with Gasteiger partial charge in [-0.25, -0.2) is 0 Å². The van der Waals surface area contributed by atoms with Gasteiger partial charge in [0.1, 0.15) is 0 Å². The summed E-state index contributed by atoms with van der Waals surface area (Å²) in [4.78, 5) is 2.52. The first kappa shape index (κ1) is 8.48. The van der Waals surface area contributed by atoms with Crippen molar-refractivity contribution in [3.05, 3.63) is 0 Å². The summed E-state index contributed by atoms with van der Waals surface area (Å²) in [5.74, 6) is 0. The lowest BCUT2D eigenvalue weighted by Crippen LogP contribution is -2.44. The molecule has 70 valence electrons. The first-order chi connectivity index (χ1) is 5.79. The fourth-order valence-electron chi connectivity index (χ4n) is 1.60. The number of nitrogens with zero attached hydrogens (tertiary/aromatic N) is 1. The summed E-state index contributed by atoms with van der Waals surface area (Å²) >= 11 is 0. The van der Waals surface area contributed by atoms with Crippen molar-refractivity contribution < 1.29 is 4.74 Å². The molecular formula is C9H18N2O. The number of rotatable bonds is 3. The van der Waals surface area contributed by atoms with E-state index in [1.54, 1.807) is 0 Å². The maximum Gasteiger partial charge on any atom is 0.0900 e. The summed E-state index contributed by atoms with van der Waals surface area (Å²) < 4.78 is 5.34. The molecular weight excluding hydrogens is 152 g/mol. The lowest BCUT2D eigenvalue weighted by molar-refractivity contribution is 0.207. The van der Waals surface area contributed by atoms with Crippen molar-refractivity contribution in [2.75, 3.05) is 39.3 Å². The van der Waals surface area contributed by atoms with Gasteiger partial charge in [0.15, 0.2) is 0 Å². The molecule has 0 saturated carbocycles. The SMILES string of the molecule is CC1(CCN2CCNCC2)CO1. The number of epoxide rings is 1. The molecule has 2 aliphatic rings. The van der Waals surface area contributed by atoms with Gasteiger partial charge in [0.25, 0.3) is 0 Å². The van der Waals surface area contributed by atoms with Gasteiger partial charge in [-0.1, -0.05) is 0 Å². The van der Waals surface area contributed by atoms with Gasteiger partial charge in [0.2, 0.25) is 0 Å². The Hall–Kier alpha value is -0.120. The van der Waals surface area contributed by atoms with Crippen molar-refractivity contribution in [3.8, 4) is 0 Å². The summed E-state index contributed by atoms with van der Waals surface area (Å²) in [6.07, 6.45) is 1.20. The number of piperazine rings is 1. The molecule has 2 heterocycles. The highest BCUT2D eigenvalue weighted by molar-refractivity contribution is 4.87. The molecule has 0 spiro atoms. The summed E-state index contributed by atoms with van der Waals surface area (Å²) in [6, 6.07) is 0. The van der Waals surface area contributed by atoms with Crippen molar-refractivity contribution in [3.63, 3.8) is 0 Å². The Kier molecular flexibility index (Phi) is 2.35. The number of hydrogen-bond donors (Lipinski definition) is 1. The average Bonchev–Trinajstić information content (AvgIpc) is 2.84. The van der Waals surface area contributed by atoms with Crippen LogP contribution in [-0.2, 0) is 4.74 Å². The van der Waals surface area contributed by atoms with E-state index in [0.29, 0.717) is 0 Å². The fraction of sp³-hybridized carbons (Fsp3) is 1.00. The summed E-state index contributed by atoms with van der Waals surface area (Å²) in [6.45, 7) is 9.09. The van der Waals surface area contributed by atoms with Gasteiger partial charge in [0.05, 0.1) is 12.2 Å². The summed E-state index contributed by atoms with van der Waals surface area (Å²) in [7, 11) is 0. The van der Waals surface area contributed by atoms with Crippen LogP contribution in [0.15, 0.2) is 0 Å². The monoisotopic (exact) mass is 170 g/mol. The second-order valence-electron chi connectivity index (χ2n) is 4.08. The molecule has 2 saturated heterocycles. The standard InChI is InChI=1S/C9H18N2O/c1-9(8-12-9)2-5-11-6-3-10-4-7-11/h10H,2-8H2,1H3. The van der Waals surface area contributed by atoms with E-state index in [0.717, 1.165) is 19.7 Å². The van der Waals surface area contributed by atoms with E-state index in [9.17, 15) is 0 Å². The number of hydrogen-bond acceptors (Lipinski definition) is 3. The second kappa shape index (κ2) is 3.32. The van der Waals surface area contributed by atoms with Crippen LogP contribution in [0.4, 0.5) is 0 Å². The van der Waals surface area contributed by atoms with Crippen LogP contribution in [0, 0.1) is 0 Å². The van der Waals surface area contributed by atoms with Crippen LogP contribution in [-0.4, -0.2) is 49.8 Å². The molecule has 0 aromatic heterocycles. The highest BCUT2D eigenvalue weighted by Crippen LogP contribution is 2.29. The molecule has 12 heavy (non-hydrogen) atoms. The van der Waals surface area contributed by atoms with Gasteiger partial charge >= 0.3 is 0 Å². The summed E-state index contributed by atoms with van der Waals surface area (Å²) in [5, 5.41) is 3.35. The van der Waals surface area contributed by atoms with E-state index in [-0.39, 0.29) is 5.60 Å². The third kappa shape index (κ3) is 2.19. The van der Waals surface area contributed by atoms with Gasteiger partial charge in [-0.2, -0.15) is 0 Å². The molecule has 0 aromatic rings. The van der Waals surface area contributed by atoms with Crippen molar-refractivity contribution in [2.24, 2.45) is 0 Å². The highest BCUT2D eigenvalue weighted by atomic mass is 16.6. The molecule has 0 aromatic carbocycles. The zero-order valence-electron chi connectivity index (χ0n) is 7.81. The largest absolute Gasteiger partial charge is 0.370 e. The van der Waals surface area contributed by atoms with Crippen molar-refractivity contribution in [1.29, 1.82) is 0 Å². The molecule has 0 amide bonds. The molecule has 0 aliphatic carbocycles. The van der Waals surface area contributed by atoms with Crippen LogP contribution in [0.2, 0.25) is 0 Å². The molecule has 1 atom stereocenters. The van der Waals surface area contributed by atoms with E-state index in [1.807, 2.05) is 0 Å². The Bertz CT molecular complexity index is 151. The second-order valence-corrected chi connectivity index (χ2v) is 4.08. The van der Waals surface area contributed by atoms with Crippen LogP contribution in [0.3, 0.4) is 0 Å². The predicted molar refractivity (Wildman–Crippen MR) is 48.3 cm³/mol. The number of ether oxygens (including phenoxy) is 1. The normalized spacial score (nSPS) is 36.8. The van der Waals surface area contributed by atoms with Crippen LogP contribution in [0.1, 0.15) is 13.3 Å². The van der Waals surface area contributed by atoms with Crippen LogP contribution < -0.4 is 5.32 Å². The van der Waals surface area contributed by atoms with E-state index in [1.165, 1.54) is 26.1 Å². The molecule has 0 radical (unpaired) electrons. The van der Waals surface area contributed by atoms with Gasteiger partial charge < -0.3 is 15.0 Å². The lowest BCUT2D eigenvalue weighted by Gasteiger charge is -2.27. The smallest absolute Gasteiger partial charge is 0.0900 e. The maximum absolute atomic E-state index is 5.34. The molecule has 1 N–H and O–H groups in total. The van der Waals surface area contributed by atoms with E-state index < -0.39 is 0 Å². The molecule has 1 unspecified atom stereocenters. The third-order valence-electron chi connectivity index (χ3n) is 2.80.